The number of hydrogen-bond acceptors (Lipinski definition) is 2. The van der Waals surface area contributed by atoms with Gasteiger partial charge >= 0.3 is 0 Å². The Morgan fingerprint density at radius 2 is 2.00 bits per heavy atom. The van der Waals surface area contributed by atoms with Gasteiger partial charge in [-0.3, -0.25) is 0 Å². The van der Waals surface area contributed by atoms with Crippen molar-refractivity contribution in [3.8, 4) is 11.4 Å². The Morgan fingerprint density at radius 3 is 2.74 bits per heavy atom. The van der Waals surface area contributed by atoms with Crippen molar-refractivity contribution in [3.05, 3.63) is 48.0 Å². The monoisotopic (exact) mass is 251 g/mol. The van der Waals surface area contributed by atoms with E-state index in [0.717, 1.165) is 34.7 Å². The number of aromatic nitrogens is 2. The first kappa shape index (κ1) is 11.8. The molecule has 0 saturated carbocycles. The van der Waals surface area contributed by atoms with Gasteiger partial charge in [-0.25, -0.2) is 4.98 Å². The summed E-state index contributed by atoms with van der Waals surface area (Å²) in [6.07, 6.45) is 0. The van der Waals surface area contributed by atoms with E-state index in [0.29, 0.717) is 0 Å². The normalized spacial score (nSPS) is 11.1. The third kappa shape index (κ3) is 1.97. The highest BCUT2D eigenvalue weighted by atomic mass is 15.1. The Kier molecular flexibility index (Phi) is 2.75. The molecule has 3 rings (SSSR count). The van der Waals surface area contributed by atoms with Crippen LogP contribution in [0.4, 0.5) is 5.69 Å². The fraction of sp³-hybridized carbons (Fsp3) is 0.188. The van der Waals surface area contributed by atoms with Gasteiger partial charge in [0.2, 0.25) is 0 Å². The summed E-state index contributed by atoms with van der Waals surface area (Å²) < 4.78 is 2.23. The van der Waals surface area contributed by atoms with Gasteiger partial charge in [0.25, 0.3) is 0 Å². The molecule has 0 aliphatic carbocycles. The van der Waals surface area contributed by atoms with Gasteiger partial charge in [0.1, 0.15) is 5.82 Å². The van der Waals surface area contributed by atoms with Gasteiger partial charge in [-0.1, -0.05) is 23.8 Å². The third-order valence-electron chi connectivity index (χ3n) is 3.36. The first-order valence-corrected chi connectivity index (χ1v) is 6.52. The Bertz CT molecular complexity index is 741. The lowest BCUT2D eigenvalue weighted by atomic mass is 10.1. The lowest BCUT2D eigenvalue weighted by Gasteiger charge is -2.06. The number of anilines is 1. The standard InChI is InChI=1S/C16H17N3/c1-3-19-15-8-7-13(17)10-14(15)18-16(19)12-6-4-5-11(2)9-12/h4-10H,3,17H2,1-2H3. The second-order valence-electron chi connectivity index (χ2n) is 4.80. The molecule has 0 atom stereocenters. The zero-order valence-corrected chi connectivity index (χ0v) is 11.2. The molecule has 19 heavy (non-hydrogen) atoms. The summed E-state index contributed by atoms with van der Waals surface area (Å²) in [6, 6.07) is 14.3. The molecular weight excluding hydrogens is 234 g/mol. The molecule has 1 aromatic heterocycles. The molecule has 0 amide bonds. The van der Waals surface area contributed by atoms with Gasteiger partial charge in [-0.05, 0) is 38.1 Å². The van der Waals surface area contributed by atoms with Gasteiger partial charge in [0.05, 0.1) is 11.0 Å². The smallest absolute Gasteiger partial charge is 0.141 e. The SMILES string of the molecule is CCn1c(-c2cccc(C)c2)nc2cc(N)ccc21. The number of nitrogens with two attached hydrogens (primary N) is 1. The van der Waals surface area contributed by atoms with Gasteiger partial charge in [-0.2, -0.15) is 0 Å². The van der Waals surface area contributed by atoms with Crippen LogP contribution in [-0.2, 0) is 6.54 Å². The van der Waals surface area contributed by atoms with E-state index in [1.54, 1.807) is 0 Å². The van der Waals surface area contributed by atoms with Crippen molar-refractivity contribution in [2.24, 2.45) is 0 Å². The van der Waals surface area contributed by atoms with Crippen LogP contribution in [0.15, 0.2) is 42.5 Å². The number of nitrogen functional groups attached to an aromatic ring is 1. The fourth-order valence-electron chi connectivity index (χ4n) is 2.47. The third-order valence-corrected chi connectivity index (χ3v) is 3.36. The largest absolute Gasteiger partial charge is 0.399 e. The maximum absolute atomic E-state index is 5.84. The lowest BCUT2D eigenvalue weighted by molar-refractivity contribution is 0.796. The van der Waals surface area contributed by atoms with Crippen LogP contribution < -0.4 is 5.73 Å². The van der Waals surface area contributed by atoms with Crippen molar-refractivity contribution >= 4 is 16.7 Å². The second kappa shape index (κ2) is 4.43. The summed E-state index contributed by atoms with van der Waals surface area (Å²) in [7, 11) is 0. The summed E-state index contributed by atoms with van der Waals surface area (Å²) in [5.74, 6) is 1.01. The minimum absolute atomic E-state index is 0.754. The highest BCUT2D eigenvalue weighted by Crippen LogP contribution is 2.26. The number of aryl methyl sites for hydroxylation is 2. The maximum Gasteiger partial charge on any atom is 0.141 e. The van der Waals surface area contributed by atoms with E-state index in [4.69, 9.17) is 10.7 Å². The molecule has 2 aromatic carbocycles. The minimum Gasteiger partial charge on any atom is -0.399 e. The predicted molar refractivity (Wildman–Crippen MR) is 80.0 cm³/mol. The van der Waals surface area contributed by atoms with E-state index in [1.165, 1.54) is 5.56 Å². The van der Waals surface area contributed by atoms with Crippen LogP contribution in [0.25, 0.3) is 22.4 Å². The summed E-state index contributed by atoms with van der Waals surface area (Å²) >= 11 is 0. The van der Waals surface area contributed by atoms with Gasteiger partial charge in [0, 0.05) is 17.8 Å². The number of nitrogens with zero attached hydrogens (tertiary/aromatic N) is 2. The van der Waals surface area contributed by atoms with Crippen LogP contribution in [0.1, 0.15) is 12.5 Å². The van der Waals surface area contributed by atoms with E-state index < -0.39 is 0 Å². The van der Waals surface area contributed by atoms with E-state index in [-0.39, 0.29) is 0 Å². The zero-order valence-electron chi connectivity index (χ0n) is 11.2. The van der Waals surface area contributed by atoms with Crippen molar-refractivity contribution in [1.82, 2.24) is 9.55 Å². The van der Waals surface area contributed by atoms with E-state index in [1.807, 2.05) is 18.2 Å². The number of fused-ring (bicyclic) bond motifs is 1. The molecule has 96 valence electrons. The fourth-order valence-corrected chi connectivity index (χ4v) is 2.47. The Balaban J connectivity index is 2.28. The van der Waals surface area contributed by atoms with Gasteiger partial charge < -0.3 is 10.3 Å². The second-order valence-corrected chi connectivity index (χ2v) is 4.80. The molecule has 3 heteroatoms. The highest BCUT2D eigenvalue weighted by molar-refractivity contribution is 5.83. The number of rotatable bonds is 2. The molecule has 2 N–H and O–H groups in total. The van der Waals surface area contributed by atoms with Crippen LogP contribution in [0.5, 0.6) is 0 Å². The maximum atomic E-state index is 5.84. The number of hydrogen-bond donors (Lipinski definition) is 1. The van der Waals surface area contributed by atoms with E-state index in [2.05, 4.69) is 42.7 Å². The van der Waals surface area contributed by atoms with Crippen LogP contribution in [0, 0.1) is 6.92 Å². The Labute approximate surface area is 112 Å². The summed E-state index contributed by atoms with van der Waals surface area (Å²) in [5, 5.41) is 0. The van der Waals surface area contributed by atoms with Crippen molar-refractivity contribution in [1.29, 1.82) is 0 Å². The van der Waals surface area contributed by atoms with Crippen molar-refractivity contribution in [2.45, 2.75) is 20.4 Å². The number of imidazole rings is 1. The molecule has 0 fully saturated rings. The van der Waals surface area contributed by atoms with E-state index >= 15 is 0 Å². The van der Waals surface area contributed by atoms with Crippen molar-refractivity contribution in [3.63, 3.8) is 0 Å². The van der Waals surface area contributed by atoms with Crippen LogP contribution in [0.2, 0.25) is 0 Å². The summed E-state index contributed by atoms with van der Waals surface area (Å²) in [4.78, 5) is 4.74. The first-order valence-electron chi connectivity index (χ1n) is 6.52. The summed E-state index contributed by atoms with van der Waals surface area (Å²) in [5.41, 5.74) is 11.1. The number of benzene rings is 2. The Hall–Kier alpha value is -2.29. The van der Waals surface area contributed by atoms with Crippen LogP contribution >= 0.6 is 0 Å². The Morgan fingerprint density at radius 1 is 1.16 bits per heavy atom. The zero-order chi connectivity index (χ0) is 13.4. The molecule has 0 radical (unpaired) electrons. The highest BCUT2D eigenvalue weighted by Gasteiger charge is 2.11. The quantitative estimate of drug-likeness (QED) is 0.707. The summed E-state index contributed by atoms with van der Waals surface area (Å²) in [6.45, 7) is 5.13. The minimum atomic E-state index is 0.754. The molecule has 0 spiro atoms. The molecule has 0 saturated heterocycles. The predicted octanol–water partition coefficient (Wildman–Crippen LogP) is 3.61. The molecule has 0 bridgehead atoms. The van der Waals surface area contributed by atoms with Gasteiger partial charge in [0.15, 0.2) is 0 Å². The van der Waals surface area contributed by atoms with Crippen molar-refractivity contribution in [2.75, 3.05) is 5.73 Å². The first-order chi connectivity index (χ1) is 9.19. The molecular formula is C16H17N3. The molecule has 3 nitrogen and oxygen atoms in total. The topological polar surface area (TPSA) is 43.8 Å². The van der Waals surface area contributed by atoms with E-state index in [9.17, 15) is 0 Å². The van der Waals surface area contributed by atoms with Crippen molar-refractivity contribution < 1.29 is 0 Å². The average Bonchev–Trinajstić information content (AvgIpc) is 2.76. The molecule has 0 aliphatic rings. The average molecular weight is 251 g/mol. The lowest BCUT2D eigenvalue weighted by Crippen LogP contribution is -1.97. The van der Waals surface area contributed by atoms with Gasteiger partial charge in [-0.15, -0.1) is 0 Å². The van der Waals surface area contributed by atoms with Crippen LogP contribution in [0.3, 0.4) is 0 Å². The molecule has 1 heterocycles. The molecule has 0 unspecified atom stereocenters. The van der Waals surface area contributed by atoms with Crippen LogP contribution in [-0.4, -0.2) is 9.55 Å². The molecule has 3 aromatic rings. The molecule has 0 aliphatic heterocycles.